The second-order valence-corrected chi connectivity index (χ2v) is 4.26. The van der Waals surface area contributed by atoms with E-state index in [1.54, 1.807) is 0 Å². The smallest absolute Gasteiger partial charge is 0.277 e. The highest BCUT2D eigenvalue weighted by molar-refractivity contribution is 5.95. The molecule has 0 radical (unpaired) electrons. The quantitative estimate of drug-likeness (QED) is 0.476. The lowest BCUT2D eigenvalue weighted by atomic mass is 10.1. The van der Waals surface area contributed by atoms with Gasteiger partial charge in [-0.05, 0) is 6.42 Å². The highest BCUT2D eigenvalue weighted by atomic mass is 16.6. The second-order valence-electron chi connectivity index (χ2n) is 4.26. The van der Waals surface area contributed by atoms with E-state index in [1.165, 1.54) is 4.90 Å². The molecule has 0 atom stereocenters. The van der Waals surface area contributed by atoms with Crippen molar-refractivity contribution >= 4 is 17.3 Å². The minimum atomic E-state index is -0.750. The van der Waals surface area contributed by atoms with Crippen LogP contribution in [0.15, 0.2) is 30.4 Å². The maximum Gasteiger partial charge on any atom is 0.277 e. The van der Waals surface area contributed by atoms with Crippen LogP contribution >= 0.6 is 0 Å². The van der Waals surface area contributed by atoms with Crippen molar-refractivity contribution in [3.8, 4) is 0 Å². The van der Waals surface area contributed by atoms with E-state index < -0.39 is 27.1 Å². The van der Waals surface area contributed by atoms with E-state index in [-0.39, 0.29) is 5.56 Å². The van der Waals surface area contributed by atoms with Gasteiger partial charge in [0.25, 0.3) is 17.3 Å². The molecule has 0 saturated heterocycles. The third kappa shape index (κ3) is 2.79. The van der Waals surface area contributed by atoms with Gasteiger partial charge in [-0.25, -0.2) is 0 Å². The van der Waals surface area contributed by atoms with Crippen molar-refractivity contribution in [1.82, 2.24) is 4.90 Å². The molecule has 8 nitrogen and oxygen atoms in total. The second kappa shape index (κ2) is 5.47. The Morgan fingerprint density at radius 2 is 1.65 bits per heavy atom. The SMILES string of the molecule is O=C(c1cc([N+](=O)[O-])cc([N+](=O)[O-])c1)N1CC=CCC1. The molecule has 104 valence electrons. The van der Waals surface area contributed by atoms with Gasteiger partial charge in [-0.15, -0.1) is 0 Å². The predicted octanol–water partition coefficient (Wildman–Crippen LogP) is 1.91. The molecular formula is C12H11N3O5. The number of amides is 1. The molecule has 2 rings (SSSR count). The van der Waals surface area contributed by atoms with Crippen LogP contribution in [-0.4, -0.2) is 33.7 Å². The summed E-state index contributed by atoms with van der Waals surface area (Å²) in [5, 5.41) is 21.5. The highest BCUT2D eigenvalue weighted by Crippen LogP contribution is 2.24. The topological polar surface area (TPSA) is 107 Å². The van der Waals surface area contributed by atoms with Crippen LogP contribution in [0.3, 0.4) is 0 Å². The number of nitrogens with zero attached hydrogens (tertiary/aromatic N) is 3. The van der Waals surface area contributed by atoms with Gasteiger partial charge in [0.15, 0.2) is 0 Å². The van der Waals surface area contributed by atoms with Crippen molar-refractivity contribution in [2.75, 3.05) is 13.1 Å². The van der Waals surface area contributed by atoms with Gasteiger partial charge in [0.05, 0.1) is 21.5 Å². The first-order chi connectivity index (χ1) is 9.49. The number of hydrogen-bond donors (Lipinski definition) is 0. The van der Waals surface area contributed by atoms with Crippen LogP contribution in [0.4, 0.5) is 11.4 Å². The largest absolute Gasteiger partial charge is 0.335 e. The lowest BCUT2D eigenvalue weighted by Gasteiger charge is -2.23. The van der Waals surface area contributed by atoms with Crippen LogP contribution in [0.2, 0.25) is 0 Å². The maximum absolute atomic E-state index is 12.2. The molecule has 1 amide bonds. The van der Waals surface area contributed by atoms with Crippen LogP contribution in [0, 0.1) is 20.2 Å². The minimum Gasteiger partial charge on any atom is -0.335 e. The van der Waals surface area contributed by atoms with E-state index in [1.807, 2.05) is 12.2 Å². The first kappa shape index (κ1) is 13.7. The van der Waals surface area contributed by atoms with Gasteiger partial charge in [-0.3, -0.25) is 25.0 Å². The van der Waals surface area contributed by atoms with Gasteiger partial charge in [-0.2, -0.15) is 0 Å². The van der Waals surface area contributed by atoms with E-state index >= 15 is 0 Å². The molecule has 8 heteroatoms. The molecule has 1 aliphatic heterocycles. The molecule has 20 heavy (non-hydrogen) atoms. The average Bonchev–Trinajstić information content (AvgIpc) is 2.46. The third-order valence-electron chi connectivity index (χ3n) is 2.92. The molecule has 1 heterocycles. The zero-order chi connectivity index (χ0) is 14.7. The third-order valence-corrected chi connectivity index (χ3v) is 2.92. The molecule has 0 N–H and O–H groups in total. The van der Waals surface area contributed by atoms with Crippen LogP contribution in [0.1, 0.15) is 16.8 Å². The van der Waals surface area contributed by atoms with Crippen molar-refractivity contribution in [2.24, 2.45) is 0 Å². The zero-order valence-electron chi connectivity index (χ0n) is 10.4. The summed E-state index contributed by atoms with van der Waals surface area (Å²) >= 11 is 0. The molecule has 0 fully saturated rings. The number of carbonyl (C=O) groups is 1. The molecule has 0 bridgehead atoms. The first-order valence-corrected chi connectivity index (χ1v) is 5.87. The Balaban J connectivity index is 2.39. The van der Waals surface area contributed by atoms with E-state index in [0.717, 1.165) is 18.2 Å². The van der Waals surface area contributed by atoms with Gasteiger partial charge in [-0.1, -0.05) is 12.2 Å². The van der Waals surface area contributed by atoms with Gasteiger partial charge < -0.3 is 4.90 Å². The van der Waals surface area contributed by atoms with Crippen molar-refractivity contribution in [1.29, 1.82) is 0 Å². The Morgan fingerprint density at radius 1 is 1.05 bits per heavy atom. The zero-order valence-corrected chi connectivity index (χ0v) is 10.4. The Morgan fingerprint density at radius 3 is 2.10 bits per heavy atom. The molecule has 0 spiro atoms. The van der Waals surface area contributed by atoms with Crippen molar-refractivity contribution in [2.45, 2.75) is 6.42 Å². The summed E-state index contributed by atoms with van der Waals surface area (Å²) in [5.41, 5.74) is -0.966. The van der Waals surface area contributed by atoms with Gasteiger partial charge in [0, 0.05) is 25.2 Å². The molecule has 0 saturated carbocycles. The summed E-state index contributed by atoms with van der Waals surface area (Å²) in [6.45, 7) is 0.890. The summed E-state index contributed by atoms with van der Waals surface area (Å²) in [6.07, 6.45) is 4.44. The maximum atomic E-state index is 12.2. The average molecular weight is 277 g/mol. The van der Waals surface area contributed by atoms with Crippen LogP contribution in [0.25, 0.3) is 0 Å². The molecule has 0 unspecified atom stereocenters. The minimum absolute atomic E-state index is 0.0406. The van der Waals surface area contributed by atoms with Gasteiger partial charge >= 0.3 is 0 Å². The highest BCUT2D eigenvalue weighted by Gasteiger charge is 2.23. The first-order valence-electron chi connectivity index (χ1n) is 5.87. The predicted molar refractivity (Wildman–Crippen MR) is 69.4 cm³/mol. The normalized spacial score (nSPS) is 14.1. The number of carbonyl (C=O) groups excluding carboxylic acids is 1. The van der Waals surface area contributed by atoms with Crippen LogP contribution < -0.4 is 0 Å². The standard InChI is InChI=1S/C12H11N3O5/c16-12(13-4-2-1-3-5-13)9-6-10(14(17)18)8-11(7-9)15(19)20/h1-2,6-8H,3-5H2. The summed E-state index contributed by atoms with van der Waals surface area (Å²) in [6, 6.07) is 2.97. The summed E-state index contributed by atoms with van der Waals surface area (Å²) in [5.74, 6) is -0.443. The van der Waals surface area contributed by atoms with Gasteiger partial charge in [0.2, 0.25) is 0 Å². The van der Waals surface area contributed by atoms with E-state index in [0.29, 0.717) is 19.5 Å². The Kier molecular flexibility index (Phi) is 3.74. The molecule has 1 aliphatic rings. The van der Waals surface area contributed by atoms with Crippen molar-refractivity contribution in [3.05, 3.63) is 56.1 Å². The lowest BCUT2D eigenvalue weighted by Crippen LogP contribution is -2.33. The summed E-state index contributed by atoms with van der Waals surface area (Å²) < 4.78 is 0. The summed E-state index contributed by atoms with van der Waals surface area (Å²) in [7, 11) is 0. The molecule has 0 aromatic heterocycles. The molecule has 1 aromatic carbocycles. The van der Waals surface area contributed by atoms with Crippen molar-refractivity contribution < 1.29 is 14.6 Å². The fraction of sp³-hybridized carbons (Fsp3) is 0.250. The van der Waals surface area contributed by atoms with Crippen LogP contribution in [0.5, 0.6) is 0 Å². The number of rotatable bonds is 3. The number of non-ortho nitro benzene ring substituents is 2. The number of nitro groups is 2. The fourth-order valence-electron chi connectivity index (χ4n) is 1.94. The molecule has 0 aliphatic carbocycles. The number of benzene rings is 1. The Hall–Kier alpha value is -2.77. The summed E-state index contributed by atoms with van der Waals surface area (Å²) in [4.78, 5) is 33.7. The molecule has 1 aromatic rings. The number of nitro benzene ring substituents is 2. The van der Waals surface area contributed by atoms with E-state index in [9.17, 15) is 25.0 Å². The monoisotopic (exact) mass is 277 g/mol. The fourth-order valence-corrected chi connectivity index (χ4v) is 1.94. The van der Waals surface area contributed by atoms with Crippen LogP contribution in [-0.2, 0) is 0 Å². The van der Waals surface area contributed by atoms with Gasteiger partial charge in [0.1, 0.15) is 0 Å². The van der Waals surface area contributed by atoms with Crippen molar-refractivity contribution in [3.63, 3.8) is 0 Å². The Bertz CT molecular complexity index is 579. The van der Waals surface area contributed by atoms with E-state index in [2.05, 4.69) is 0 Å². The Labute approximate surface area is 113 Å². The van der Waals surface area contributed by atoms with E-state index in [4.69, 9.17) is 0 Å². The molecular weight excluding hydrogens is 266 g/mol. The lowest BCUT2D eigenvalue weighted by molar-refractivity contribution is -0.394. The number of hydrogen-bond acceptors (Lipinski definition) is 5.